The number of hydrogen-bond acceptors (Lipinski definition) is 3. The Morgan fingerprint density at radius 3 is 2.87 bits per heavy atom. The summed E-state index contributed by atoms with van der Waals surface area (Å²) >= 11 is 1.73. The number of aliphatic hydroxyl groups excluding tert-OH is 1. The maximum atomic E-state index is 9.86. The number of nitrogens with zero attached hydrogens (tertiary/aromatic N) is 1. The largest absolute Gasteiger partial charge is 0.387 e. The first-order valence-electron chi connectivity index (χ1n) is 4.97. The normalized spacial score (nSPS) is 12.6. The highest BCUT2D eigenvalue weighted by Gasteiger charge is 2.08. The van der Waals surface area contributed by atoms with Crippen molar-refractivity contribution in [1.82, 2.24) is 4.98 Å². The van der Waals surface area contributed by atoms with E-state index in [0.717, 1.165) is 18.5 Å². The Labute approximate surface area is 93.2 Å². The lowest BCUT2D eigenvalue weighted by molar-refractivity contribution is 0.163. The average molecular weight is 219 g/mol. The Bertz CT molecular complexity index is 385. The molecule has 0 aliphatic rings. The van der Waals surface area contributed by atoms with Crippen molar-refractivity contribution in [2.24, 2.45) is 0 Å². The fourth-order valence-corrected chi connectivity index (χ4v) is 2.18. The first-order valence-corrected chi connectivity index (χ1v) is 5.85. The van der Waals surface area contributed by atoms with E-state index in [1.54, 1.807) is 17.5 Å². The lowest BCUT2D eigenvalue weighted by Gasteiger charge is -2.08. The third-order valence-corrected chi connectivity index (χ3v) is 3.21. The van der Waals surface area contributed by atoms with E-state index < -0.39 is 6.10 Å². The summed E-state index contributed by atoms with van der Waals surface area (Å²) in [6.45, 7) is 0. The van der Waals surface area contributed by atoms with Gasteiger partial charge in [-0.15, -0.1) is 11.3 Å². The van der Waals surface area contributed by atoms with Crippen LogP contribution in [-0.4, -0.2) is 10.1 Å². The summed E-state index contributed by atoms with van der Waals surface area (Å²) in [4.78, 5) is 5.44. The molecular formula is C12H13NOS. The van der Waals surface area contributed by atoms with Crippen molar-refractivity contribution in [3.63, 3.8) is 0 Å². The molecule has 0 spiro atoms. The smallest absolute Gasteiger partial charge is 0.0963 e. The van der Waals surface area contributed by atoms with E-state index in [1.807, 2.05) is 24.3 Å². The van der Waals surface area contributed by atoms with Gasteiger partial charge in [0.05, 0.1) is 11.8 Å². The molecule has 0 aliphatic carbocycles. The molecule has 1 atom stereocenters. The zero-order valence-corrected chi connectivity index (χ0v) is 9.15. The van der Waals surface area contributed by atoms with Crippen molar-refractivity contribution in [2.75, 3.05) is 0 Å². The summed E-state index contributed by atoms with van der Waals surface area (Å²) in [5.74, 6) is 0. The van der Waals surface area contributed by atoms with Gasteiger partial charge < -0.3 is 5.11 Å². The molecule has 0 radical (unpaired) electrons. The molecule has 0 fully saturated rings. The third kappa shape index (κ3) is 2.88. The second-order valence-corrected chi connectivity index (χ2v) is 4.42. The van der Waals surface area contributed by atoms with Gasteiger partial charge >= 0.3 is 0 Å². The molecule has 0 saturated carbocycles. The molecular weight excluding hydrogens is 206 g/mol. The van der Waals surface area contributed by atoms with E-state index in [1.165, 1.54) is 4.88 Å². The van der Waals surface area contributed by atoms with Crippen molar-refractivity contribution in [3.8, 4) is 0 Å². The highest BCUT2D eigenvalue weighted by Crippen LogP contribution is 2.18. The number of rotatable bonds is 4. The fourth-order valence-electron chi connectivity index (χ4n) is 1.45. The molecule has 0 aromatic carbocycles. The van der Waals surface area contributed by atoms with Crippen LogP contribution in [-0.2, 0) is 6.42 Å². The minimum Gasteiger partial charge on any atom is -0.387 e. The highest BCUT2D eigenvalue weighted by molar-refractivity contribution is 7.09. The first-order chi connectivity index (χ1) is 7.36. The molecule has 0 aliphatic heterocycles. The minimum atomic E-state index is -0.451. The van der Waals surface area contributed by atoms with E-state index in [2.05, 4.69) is 16.4 Å². The molecule has 1 unspecified atom stereocenters. The molecule has 2 rings (SSSR count). The lowest BCUT2D eigenvalue weighted by atomic mass is 10.1. The standard InChI is InChI=1S/C12H13NOS/c14-12(11-5-1-2-8-13-11)7-6-10-4-3-9-15-10/h1-5,8-9,12,14H,6-7H2. The molecule has 2 nitrogen and oxygen atoms in total. The first kappa shape index (κ1) is 10.3. The molecule has 15 heavy (non-hydrogen) atoms. The molecule has 2 aromatic heterocycles. The van der Waals surface area contributed by atoms with E-state index in [0.29, 0.717) is 0 Å². The molecule has 2 aromatic rings. The molecule has 3 heteroatoms. The lowest BCUT2D eigenvalue weighted by Crippen LogP contribution is -2.00. The quantitative estimate of drug-likeness (QED) is 0.857. The van der Waals surface area contributed by atoms with Crippen LogP contribution < -0.4 is 0 Å². The van der Waals surface area contributed by atoms with Crippen molar-refractivity contribution in [1.29, 1.82) is 0 Å². The van der Waals surface area contributed by atoms with Gasteiger partial charge in [0.1, 0.15) is 0 Å². The van der Waals surface area contributed by atoms with Gasteiger partial charge in [0.15, 0.2) is 0 Å². The average Bonchev–Trinajstić information content (AvgIpc) is 2.80. The van der Waals surface area contributed by atoms with Crippen LogP contribution in [0.5, 0.6) is 0 Å². The molecule has 0 amide bonds. The van der Waals surface area contributed by atoms with Crippen molar-refractivity contribution in [2.45, 2.75) is 18.9 Å². The van der Waals surface area contributed by atoms with Crippen LogP contribution in [0.25, 0.3) is 0 Å². The number of aliphatic hydroxyl groups is 1. The Morgan fingerprint density at radius 2 is 2.20 bits per heavy atom. The van der Waals surface area contributed by atoms with Gasteiger partial charge in [-0.05, 0) is 36.4 Å². The van der Waals surface area contributed by atoms with Gasteiger partial charge in [-0.2, -0.15) is 0 Å². The maximum Gasteiger partial charge on any atom is 0.0963 e. The summed E-state index contributed by atoms with van der Waals surface area (Å²) in [5, 5.41) is 11.9. The number of pyridine rings is 1. The fraction of sp³-hybridized carbons (Fsp3) is 0.250. The number of hydrogen-bond donors (Lipinski definition) is 1. The molecule has 78 valence electrons. The summed E-state index contributed by atoms with van der Waals surface area (Å²) in [6.07, 6.45) is 2.91. The van der Waals surface area contributed by atoms with E-state index in [4.69, 9.17) is 0 Å². The van der Waals surface area contributed by atoms with Gasteiger partial charge in [0, 0.05) is 11.1 Å². The van der Waals surface area contributed by atoms with Crippen LogP contribution in [0, 0.1) is 0 Å². The Balaban J connectivity index is 1.90. The predicted molar refractivity (Wildman–Crippen MR) is 61.8 cm³/mol. The summed E-state index contributed by atoms with van der Waals surface area (Å²) in [7, 11) is 0. The second kappa shape index (κ2) is 5.05. The van der Waals surface area contributed by atoms with E-state index >= 15 is 0 Å². The Kier molecular flexibility index (Phi) is 3.48. The summed E-state index contributed by atoms with van der Waals surface area (Å²) < 4.78 is 0. The molecule has 0 bridgehead atoms. The second-order valence-electron chi connectivity index (χ2n) is 3.39. The van der Waals surface area contributed by atoms with Crippen LogP contribution >= 0.6 is 11.3 Å². The maximum absolute atomic E-state index is 9.86. The summed E-state index contributed by atoms with van der Waals surface area (Å²) in [5.41, 5.74) is 0.758. The van der Waals surface area contributed by atoms with Gasteiger partial charge in [0.2, 0.25) is 0 Å². The van der Waals surface area contributed by atoms with Crippen LogP contribution in [0.2, 0.25) is 0 Å². The zero-order chi connectivity index (χ0) is 10.5. The molecule has 0 saturated heterocycles. The molecule has 2 heterocycles. The Morgan fingerprint density at radius 1 is 1.27 bits per heavy atom. The summed E-state index contributed by atoms with van der Waals surface area (Å²) in [6, 6.07) is 9.74. The molecule has 1 N–H and O–H groups in total. The van der Waals surface area contributed by atoms with Crippen molar-refractivity contribution >= 4 is 11.3 Å². The predicted octanol–water partition coefficient (Wildman–Crippen LogP) is 2.81. The van der Waals surface area contributed by atoms with E-state index in [9.17, 15) is 5.11 Å². The third-order valence-electron chi connectivity index (χ3n) is 2.27. The number of aromatic nitrogens is 1. The van der Waals surface area contributed by atoms with Crippen LogP contribution in [0.1, 0.15) is 23.1 Å². The van der Waals surface area contributed by atoms with E-state index in [-0.39, 0.29) is 0 Å². The highest BCUT2D eigenvalue weighted by atomic mass is 32.1. The zero-order valence-electron chi connectivity index (χ0n) is 8.34. The van der Waals surface area contributed by atoms with Crippen LogP contribution in [0.15, 0.2) is 41.9 Å². The van der Waals surface area contributed by atoms with Gasteiger partial charge in [0.25, 0.3) is 0 Å². The van der Waals surface area contributed by atoms with Crippen LogP contribution in [0.3, 0.4) is 0 Å². The van der Waals surface area contributed by atoms with Gasteiger partial charge in [-0.3, -0.25) is 4.98 Å². The van der Waals surface area contributed by atoms with Crippen molar-refractivity contribution < 1.29 is 5.11 Å². The van der Waals surface area contributed by atoms with Crippen molar-refractivity contribution in [3.05, 3.63) is 52.5 Å². The minimum absolute atomic E-state index is 0.451. The van der Waals surface area contributed by atoms with Crippen LogP contribution in [0.4, 0.5) is 0 Å². The Hall–Kier alpha value is -1.19. The SMILES string of the molecule is OC(CCc1cccs1)c1ccccn1. The number of aryl methyl sites for hydroxylation is 1. The number of thiophene rings is 1. The van der Waals surface area contributed by atoms with Gasteiger partial charge in [-0.25, -0.2) is 0 Å². The topological polar surface area (TPSA) is 33.1 Å². The monoisotopic (exact) mass is 219 g/mol. The van der Waals surface area contributed by atoms with Gasteiger partial charge in [-0.1, -0.05) is 12.1 Å².